The van der Waals surface area contributed by atoms with Crippen molar-refractivity contribution in [2.24, 2.45) is 0 Å². The zero-order valence-electron chi connectivity index (χ0n) is 12.3. The van der Waals surface area contributed by atoms with Gasteiger partial charge < -0.3 is 10.0 Å². The molecule has 0 bridgehead atoms. The molecule has 1 aliphatic rings. The van der Waals surface area contributed by atoms with Crippen LogP contribution in [0.5, 0.6) is 0 Å². The largest absolute Gasteiger partial charge is 0.480 e. The van der Waals surface area contributed by atoms with E-state index in [0.717, 1.165) is 31.5 Å². The van der Waals surface area contributed by atoms with Crippen molar-refractivity contribution in [2.75, 3.05) is 20.1 Å². The first-order chi connectivity index (χ1) is 9.58. The van der Waals surface area contributed by atoms with E-state index in [1.165, 1.54) is 0 Å². The Bertz CT molecular complexity index is 445. The third-order valence-electron chi connectivity index (χ3n) is 4.07. The maximum atomic E-state index is 12.0. The molecule has 1 aromatic rings. The minimum atomic E-state index is -0.966. The standard InChI is InChI=1S/C16H24N2O2/c1-3-18(2)12-11-16(15(19)20,17-14-9-10-14)13-7-5-4-6-8-13/h4-8,14,17H,3,9-12H2,1-2H3,(H,19,20). The lowest BCUT2D eigenvalue weighted by Gasteiger charge is -2.33. The monoisotopic (exact) mass is 276 g/mol. The lowest BCUT2D eigenvalue weighted by Crippen LogP contribution is -2.51. The summed E-state index contributed by atoms with van der Waals surface area (Å²) in [7, 11) is 2.02. The lowest BCUT2D eigenvalue weighted by molar-refractivity contribution is -0.146. The molecular weight excluding hydrogens is 252 g/mol. The van der Waals surface area contributed by atoms with Gasteiger partial charge in [-0.05, 0) is 38.4 Å². The van der Waals surface area contributed by atoms with Gasteiger partial charge in [-0.15, -0.1) is 0 Å². The number of aliphatic carboxylic acids is 1. The Hall–Kier alpha value is -1.39. The van der Waals surface area contributed by atoms with Crippen LogP contribution in [0.4, 0.5) is 0 Å². The molecule has 1 saturated carbocycles. The first-order valence-electron chi connectivity index (χ1n) is 7.33. The van der Waals surface area contributed by atoms with E-state index in [9.17, 15) is 9.90 Å². The molecule has 1 aliphatic carbocycles. The zero-order chi connectivity index (χ0) is 14.6. The molecule has 0 amide bonds. The highest BCUT2D eigenvalue weighted by atomic mass is 16.4. The van der Waals surface area contributed by atoms with Crippen molar-refractivity contribution in [3.8, 4) is 0 Å². The summed E-state index contributed by atoms with van der Waals surface area (Å²) < 4.78 is 0. The van der Waals surface area contributed by atoms with E-state index in [1.807, 2.05) is 37.4 Å². The number of carbonyl (C=O) groups is 1. The molecule has 0 radical (unpaired) electrons. The Balaban J connectivity index is 2.26. The fourth-order valence-corrected chi connectivity index (χ4v) is 2.41. The summed E-state index contributed by atoms with van der Waals surface area (Å²) in [5.74, 6) is -0.778. The van der Waals surface area contributed by atoms with Gasteiger partial charge in [-0.3, -0.25) is 5.32 Å². The molecule has 0 aliphatic heterocycles. The Kier molecular flexibility index (Phi) is 4.78. The molecule has 0 heterocycles. The number of hydrogen-bond acceptors (Lipinski definition) is 3. The highest BCUT2D eigenvalue weighted by molar-refractivity contribution is 5.81. The average Bonchev–Trinajstić information content (AvgIpc) is 3.27. The first-order valence-corrected chi connectivity index (χ1v) is 7.33. The van der Waals surface area contributed by atoms with Gasteiger partial charge in [0.15, 0.2) is 0 Å². The molecule has 2 N–H and O–H groups in total. The molecule has 1 unspecified atom stereocenters. The Morgan fingerprint density at radius 2 is 2.05 bits per heavy atom. The van der Waals surface area contributed by atoms with Gasteiger partial charge in [0.2, 0.25) is 0 Å². The summed E-state index contributed by atoms with van der Waals surface area (Å²) in [6.07, 6.45) is 2.73. The highest BCUT2D eigenvalue weighted by Crippen LogP contribution is 2.32. The Labute approximate surface area is 120 Å². The van der Waals surface area contributed by atoms with Crippen molar-refractivity contribution in [3.05, 3.63) is 35.9 Å². The maximum absolute atomic E-state index is 12.0. The molecule has 4 heteroatoms. The minimum absolute atomic E-state index is 0.346. The van der Waals surface area contributed by atoms with Crippen molar-refractivity contribution < 1.29 is 9.90 Å². The summed E-state index contributed by atoms with van der Waals surface area (Å²) in [5, 5.41) is 13.2. The quantitative estimate of drug-likeness (QED) is 0.763. The summed E-state index contributed by atoms with van der Waals surface area (Å²) in [6.45, 7) is 3.77. The molecular formula is C16H24N2O2. The van der Waals surface area contributed by atoms with Crippen LogP contribution in [0.3, 0.4) is 0 Å². The second-order valence-electron chi connectivity index (χ2n) is 5.64. The van der Waals surface area contributed by atoms with Crippen LogP contribution >= 0.6 is 0 Å². The van der Waals surface area contributed by atoms with Crippen molar-refractivity contribution in [2.45, 2.75) is 37.8 Å². The SMILES string of the molecule is CCN(C)CCC(NC1CC1)(C(=O)O)c1ccccc1. The number of carboxylic acid groups (broad SMARTS) is 1. The Morgan fingerprint density at radius 1 is 1.40 bits per heavy atom. The number of hydrogen-bond donors (Lipinski definition) is 2. The molecule has 1 atom stereocenters. The van der Waals surface area contributed by atoms with Crippen LogP contribution in [-0.4, -0.2) is 42.2 Å². The fourth-order valence-electron chi connectivity index (χ4n) is 2.41. The summed E-state index contributed by atoms with van der Waals surface area (Å²) >= 11 is 0. The van der Waals surface area contributed by atoms with E-state index in [2.05, 4.69) is 17.1 Å². The van der Waals surface area contributed by atoms with Gasteiger partial charge in [-0.25, -0.2) is 4.79 Å². The second-order valence-corrected chi connectivity index (χ2v) is 5.64. The maximum Gasteiger partial charge on any atom is 0.328 e. The summed E-state index contributed by atoms with van der Waals surface area (Å²) in [5.41, 5.74) is -0.116. The summed E-state index contributed by atoms with van der Waals surface area (Å²) in [4.78, 5) is 14.2. The van der Waals surface area contributed by atoms with Crippen LogP contribution in [-0.2, 0) is 10.3 Å². The number of carboxylic acids is 1. The van der Waals surface area contributed by atoms with E-state index in [-0.39, 0.29) is 0 Å². The number of nitrogens with zero attached hydrogens (tertiary/aromatic N) is 1. The van der Waals surface area contributed by atoms with Crippen LogP contribution in [0.1, 0.15) is 31.7 Å². The molecule has 0 spiro atoms. The topological polar surface area (TPSA) is 52.6 Å². The van der Waals surface area contributed by atoms with Gasteiger partial charge in [-0.1, -0.05) is 37.3 Å². The van der Waals surface area contributed by atoms with E-state index in [0.29, 0.717) is 12.5 Å². The van der Waals surface area contributed by atoms with E-state index >= 15 is 0 Å². The van der Waals surface area contributed by atoms with Crippen LogP contribution in [0.25, 0.3) is 0 Å². The summed E-state index contributed by atoms with van der Waals surface area (Å²) in [6, 6.07) is 9.91. The third-order valence-corrected chi connectivity index (χ3v) is 4.07. The molecule has 1 aromatic carbocycles. The van der Waals surface area contributed by atoms with Crippen molar-refractivity contribution >= 4 is 5.97 Å². The molecule has 0 saturated heterocycles. The molecule has 0 aromatic heterocycles. The average molecular weight is 276 g/mol. The normalized spacial score (nSPS) is 17.9. The van der Waals surface area contributed by atoms with Crippen LogP contribution < -0.4 is 5.32 Å². The minimum Gasteiger partial charge on any atom is -0.480 e. The van der Waals surface area contributed by atoms with Crippen molar-refractivity contribution in [1.29, 1.82) is 0 Å². The van der Waals surface area contributed by atoms with Crippen LogP contribution in [0, 0.1) is 0 Å². The van der Waals surface area contributed by atoms with E-state index < -0.39 is 11.5 Å². The number of benzene rings is 1. The molecule has 1 fully saturated rings. The van der Waals surface area contributed by atoms with Crippen molar-refractivity contribution in [3.63, 3.8) is 0 Å². The van der Waals surface area contributed by atoms with Gasteiger partial charge in [0, 0.05) is 12.6 Å². The van der Waals surface area contributed by atoms with Crippen LogP contribution in [0.2, 0.25) is 0 Å². The lowest BCUT2D eigenvalue weighted by atomic mass is 9.86. The number of nitrogens with one attached hydrogen (secondary N) is 1. The van der Waals surface area contributed by atoms with E-state index in [4.69, 9.17) is 0 Å². The first kappa shape index (κ1) is 15.0. The zero-order valence-corrected chi connectivity index (χ0v) is 12.3. The molecule has 110 valence electrons. The van der Waals surface area contributed by atoms with Gasteiger partial charge in [0.05, 0.1) is 0 Å². The molecule has 4 nitrogen and oxygen atoms in total. The third kappa shape index (κ3) is 3.38. The molecule has 2 rings (SSSR count). The highest BCUT2D eigenvalue weighted by Gasteiger charge is 2.43. The van der Waals surface area contributed by atoms with Gasteiger partial charge >= 0.3 is 5.97 Å². The van der Waals surface area contributed by atoms with Gasteiger partial charge in [0.25, 0.3) is 0 Å². The number of rotatable bonds is 8. The van der Waals surface area contributed by atoms with E-state index in [1.54, 1.807) is 0 Å². The van der Waals surface area contributed by atoms with Crippen LogP contribution in [0.15, 0.2) is 30.3 Å². The second kappa shape index (κ2) is 6.37. The van der Waals surface area contributed by atoms with Gasteiger partial charge in [0.1, 0.15) is 5.54 Å². The predicted molar refractivity (Wildman–Crippen MR) is 79.7 cm³/mol. The predicted octanol–water partition coefficient (Wildman–Crippen LogP) is 2.06. The fraction of sp³-hybridized carbons (Fsp3) is 0.562. The van der Waals surface area contributed by atoms with Crippen molar-refractivity contribution in [1.82, 2.24) is 10.2 Å². The molecule has 20 heavy (non-hydrogen) atoms. The van der Waals surface area contributed by atoms with Gasteiger partial charge in [-0.2, -0.15) is 0 Å². The smallest absolute Gasteiger partial charge is 0.328 e. The Morgan fingerprint density at radius 3 is 2.55 bits per heavy atom.